The van der Waals surface area contributed by atoms with Crippen LogP contribution >= 0.6 is 0 Å². The van der Waals surface area contributed by atoms with Crippen LogP contribution in [0.1, 0.15) is 122 Å². The number of hydrogen-bond acceptors (Lipinski definition) is 8. The molecule has 7 atom stereocenters. The lowest BCUT2D eigenvalue weighted by atomic mass is 9.97. The molecule has 0 unspecified atom stereocenters. The van der Waals surface area contributed by atoms with E-state index in [1.165, 1.54) is 0 Å². The maximum Gasteiger partial charge on any atom is 0.306 e. The summed E-state index contributed by atoms with van der Waals surface area (Å²) >= 11 is 0. The van der Waals surface area contributed by atoms with E-state index in [1.54, 1.807) is 20.8 Å². The van der Waals surface area contributed by atoms with E-state index in [4.69, 9.17) is 5.11 Å². The molecule has 0 radical (unpaired) electrons. The van der Waals surface area contributed by atoms with E-state index in [0.717, 1.165) is 0 Å². The maximum absolute atomic E-state index is 12.9. The lowest BCUT2D eigenvalue weighted by molar-refractivity contribution is -0.140. The van der Waals surface area contributed by atoms with Crippen LogP contribution in [0.5, 0.6) is 0 Å². The molecule has 50 heavy (non-hydrogen) atoms. The van der Waals surface area contributed by atoms with Crippen LogP contribution in [0, 0.1) is 29.6 Å². The monoisotopic (exact) mass is 716 g/mol. The Morgan fingerprint density at radius 1 is 0.520 bits per heavy atom. The first-order chi connectivity index (χ1) is 22.9. The van der Waals surface area contributed by atoms with Crippen LogP contribution in [0.3, 0.4) is 0 Å². The fraction of sp³-hybridized carbons (Fsp3) is 0.833. The summed E-state index contributed by atoms with van der Waals surface area (Å²) in [5, 5.41) is 42.2. The molecular formula is C36H69N5O9. The quantitative estimate of drug-likeness (QED) is 0.0873. The van der Waals surface area contributed by atoms with Gasteiger partial charge in [-0.15, -0.1) is 0 Å². The summed E-state index contributed by atoms with van der Waals surface area (Å²) in [6.45, 7) is 24.0. The minimum Gasteiger partial charge on any atom is -0.481 e. The third-order valence-electron chi connectivity index (χ3n) is 7.73. The van der Waals surface area contributed by atoms with E-state index in [0.29, 0.717) is 25.2 Å². The largest absolute Gasteiger partial charge is 0.481 e. The molecule has 0 aromatic heterocycles. The summed E-state index contributed by atoms with van der Waals surface area (Å²) < 4.78 is 0. The summed E-state index contributed by atoms with van der Waals surface area (Å²) in [5.41, 5.74) is 0. The van der Waals surface area contributed by atoms with Gasteiger partial charge >= 0.3 is 5.97 Å². The van der Waals surface area contributed by atoms with Crippen molar-refractivity contribution in [3.8, 4) is 0 Å². The molecule has 0 saturated carbocycles. The highest BCUT2D eigenvalue weighted by Crippen LogP contribution is 2.13. The zero-order valence-electron chi connectivity index (χ0n) is 32.8. The number of amides is 5. The van der Waals surface area contributed by atoms with Crippen LogP contribution in [0.4, 0.5) is 0 Å². The van der Waals surface area contributed by atoms with Crippen molar-refractivity contribution in [3.05, 3.63) is 0 Å². The second kappa shape index (κ2) is 24.8. The van der Waals surface area contributed by atoms with Gasteiger partial charge in [-0.2, -0.15) is 0 Å². The van der Waals surface area contributed by atoms with Crippen LogP contribution < -0.4 is 26.6 Å². The number of aliphatic hydroxyl groups excluding tert-OH is 2. The van der Waals surface area contributed by atoms with Gasteiger partial charge in [0.05, 0.1) is 30.7 Å². The van der Waals surface area contributed by atoms with Gasteiger partial charge in [0.15, 0.2) is 0 Å². The number of carbonyl (C=O) groups excluding carboxylic acids is 5. The molecular weight excluding hydrogens is 646 g/mol. The van der Waals surface area contributed by atoms with Crippen molar-refractivity contribution in [2.75, 3.05) is 0 Å². The summed E-state index contributed by atoms with van der Waals surface area (Å²) in [4.78, 5) is 71.8. The molecule has 0 aromatic carbocycles. The van der Waals surface area contributed by atoms with Gasteiger partial charge in [0, 0.05) is 12.8 Å². The van der Waals surface area contributed by atoms with Crippen LogP contribution in [0.25, 0.3) is 0 Å². The highest BCUT2D eigenvalue weighted by Gasteiger charge is 2.32. The number of carboxylic acid groups (broad SMARTS) is 1. The number of aliphatic hydroxyl groups is 2. The standard InChI is InChI=1S/C22H43N3O4.C14H26N2O5/c1-12(2)10-17(16(9)26)23-21(28)20(15(7)8)25-22(29)19(14(5)6)24-18(27)11-13(3)4;1-5-12(18)15-9(4)14(21)16-10(6-8(2)3)11(17)7-13(19)20/h12-17,19-20,26H,10-11H2,1-9H3,(H,23,28)(H,24,27)(H,25,29);8-11,17H,5-7H2,1-4H3,(H,15,18)(H,16,21)(H,19,20)/t16-,17-,19-,20-;9-,10-,11-/m00/s1. The van der Waals surface area contributed by atoms with Crippen LogP contribution in [-0.2, 0) is 28.8 Å². The summed E-state index contributed by atoms with van der Waals surface area (Å²) in [6, 6.07) is -3.23. The van der Waals surface area contributed by atoms with Gasteiger partial charge < -0.3 is 41.9 Å². The first-order valence-corrected chi connectivity index (χ1v) is 18.0. The van der Waals surface area contributed by atoms with Crippen LogP contribution in [-0.4, -0.2) is 93.2 Å². The SMILES string of the molecule is CC(C)CC(=O)N[C@H](C(=O)N[C@H](C(=O)N[C@@H](CC(C)C)[C@H](C)O)C(C)C)C(C)C.CCC(=O)N[C@@H](C)C(=O)N[C@@H](CC(C)C)[C@@H](O)CC(=O)O. The molecule has 0 saturated heterocycles. The Morgan fingerprint density at radius 2 is 0.960 bits per heavy atom. The molecule has 0 aliphatic heterocycles. The van der Waals surface area contributed by atoms with E-state index < -0.39 is 54.7 Å². The highest BCUT2D eigenvalue weighted by molar-refractivity contribution is 5.92. The van der Waals surface area contributed by atoms with Gasteiger partial charge in [-0.3, -0.25) is 28.8 Å². The van der Waals surface area contributed by atoms with Crippen molar-refractivity contribution in [1.82, 2.24) is 26.6 Å². The van der Waals surface area contributed by atoms with E-state index in [2.05, 4.69) is 26.6 Å². The molecule has 0 rings (SSSR count). The Kier molecular flexibility index (Phi) is 24.2. The summed E-state index contributed by atoms with van der Waals surface area (Å²) in [5.74, 6) is -2.26. The first kappa shape index (κ1) is 48.9. The average Bonchev–Trinajstić information content (AvgIpc) is 2.96. The van der Waals surface area contributed by atoms with Gasteiger partial charge in [0.1, 0.15) is 18.1 Å². The average molecular weight is 716 g/mol. The molecule has 0 aromatic rings. The predicted octanol–water partition coefficient (Wildman–Crippen LogP) is 2.49. The van der Waals surface area contributed by atoms with E-state index in [9.17, 15) is 39.0 Å². The summed E-state index contributed by atoms with van der Waals surface area (Å²) in [6.07, 6.45) is -0.583. The molecule has 0 spiro atoms. The number of carboxylic acids is 1. The Balaban J connectivity index is 0. The van der Waals surface area contributed by atoms with Gasteiger partial charge in [-0.1, -0.05) is 76.2 Å². The number of carbonyl (C=O) groups is 6. The van der Waals surface area contributed by atoms with Gasteiger partial charge in [-0.05, 0) is 56.3 Å². The van der Waals surface area contributed by atoms with Crippen molar-refractivity contribution in [1.29, 1.82) is 0 Å². The number of hydrogen-bond donors (Lipinski definition) is 8. The maximum atomic E-state index is 12.9. The van der Waals surface area contributed by atoms with Crippen molar-refractivity contribution in [3.63, 3.8) is 0 Å². The first-order valence-electron chi connectivity index (χ1n) is 18.0. The molecule has 0 bridgehead atoms. The topological polar surface area (TPSA) is 223 Å². The molecule has 8 N–H and O–H groups in total. The lowest BCUT2D eigenvalue weighted by Crippen LogP contribution is -2.58. The van der Waals surface area contributed by atoms with E-state index in [-0.39, 0.29) is 59.8 Å². The lowest BCUT2D eigenvalue weighted by Gasteiger charge is -2.30. The molecule has 0 fully saturated rings. The number of aliphatic carboxylic acids is 1. The fourth-order valence-corrected chi connectivity index (χ4v) is 4.93. The van der Waals surface area contributed by atoms with Crippen molar-refractivity contribution in [2.45, 2.75) is 165 Å². The Hall–Kier alpha value is -3.26. The van der Waals surface area contributed by atoms with Gasteiger partial charge in [0.25, 0.3) is 0 Å². The molecule has 0 heterocycles. The number of nitrogens with one attached hydrogen (secondary N) is 5. The Morgan fingerprint density at radius 3 is 1.36 bits per heavy atom. The smallest absolute Gasteiger partial charge is 0.306 e. The molecule has 0 aliphatic carbocycles. The molecule has 5 amide bonds. The summed E-state index contributed by atoms with van der Waals surface area (Å²) in [7, 11) is 0. The van der Waals surface area contributed by atoms with E-state index >= 15 is 0 Å². The zero-order valence-corrected chi connectivity index (χ0v) is 32.8. The third kappa shape index (κ3) is 21.7. The Bertz CT molecular complexity index is 1060. The third-order valence-corrected chi connectivity index (χ3v) is 7.73. The predicted molar refractivity (Wildman–Crippen MR) is 194 cm³/mol. The van der Waals surface area contributed by atoms with Gasteiger partial charge in [0.2, 0.25) is 29.5 Å². The second-order valence-corrected chi connectivity index (χ2v) is 15.2. The Labute approximate surface area is 300 Å². The van der Waals surface area contributed by atoms with E-state index in [1.807, 2.05) is 69.2 Å². The molecule has 14 heteroatoms. The van der Waals surface area contributed by atoms with Crippen LogP contribution in [0.2, 0.25) is 0 Å². The normalized spacial score (nSPS) is 15.6. The van der Waals surface area contributed by atoms with Crippen LogP contribution in [0.15, 0.2) is 0 Å². The van der Waals surface area contributed by atoms with Crippen molar-refractivity contribution < 1.29 is 44.1 Å². The molecule has 14 nitrogen and oxygen atoms in total. The van der Waals surface area contributed by atoms with Gasteiger partial charge in [-0.25, -0.2) is 0 Å². The minimum atomic E-state index is -1.16. The highest BCUT2D eigenvalue weighted by atomic mass is 16.4. The molecule has 0 aliphatic rings. The number of rotatable bonds is 21. The minimum absolute atomic E-state index is 0.117. The fourth-order valence-electron chi connectivity index (χ4n) is 4.93. The zero-order chi connectivity index (χ0) is 39.5. The molecule has 292 valence electrons. The van der Waals surface area contributed by atoms with Crippen molar-refractivity contribution in [2.24, 2.45) is 29.6 Å². The second-order valence-electron chi connectivity index (χ2n) is 15.2. The van der Waals surface area contributed by atoms with Crippen molar-refractivity contribution >= 4 is 35.5 Å².